The maximum absolute atomic E-state index is 12.3. The Labute approximate surface area is 147 Å². The number of amides is 1. The van der Waals surface area contributed by atoms with E-state index in [1.54, 1.807) is 16.2 Å². The molecule has 2 heterocycles. The van der Waals surface area contributed by atoms with Gasteiger partial charge in [-0.05, 0) is 38.4 Å². The lowest BCUT2D eigenvalue weighted by molar-refractivity contribution is -0.122. The monoisotopic (exact) mass is 352 g/mol. The van der Waals surface area contributed by atoms with Gasteiger partial charge in [-0.25, -0.2) is 4.79 Å². The lowest BCUT2D eigenvalue weighted by Gasteiger charge is -2.28. The normalized spacial score (nSPS) is 20.6. The van der Waals surface area contributed by atoms with Crippen LogP contribution in [0.3, 0.4) is 0 Å². The van der Waals surface area contributed by atoms with Crippen molar-refractivity contribution < 1.29 is 4.79 Å². The quantitative estimate of drug-likeness (QED) is 0.874. The molecule has 1 aromatic carbocycles. The molecule has 0 bridgehead atoms. The zero-order chi connectivity index (χ0) is 16.4. The molecule has 3 rings (SSSR count). The molecule has 2 aromatic rings. The average Bonchev–Trinajstić information content (AvgIpc) is 2.77. The van der Waals surface area contributed by atoms with Gasteiger partial charge >= 0.3 is 5.69 Å². The molecule has 24 heavy (non-hydrogen) atoms. The van der Waals surface area contributed by atoms with E-state index in [2.05, 4.69) is 17.6 Å². The molecule has 0 spiro atoms. The van der Waals surface area contributed by atoms with Crippen molar-refractivity contribution in [1.82, 2.24) is 19.8 Å². The van der Waals surface area contributed by atoms with E-state index >= 15 is 0 Å². The Hall–Kier alpha value is -1.79. The summed E-state index contributed by atoms with van der Waals surface area (Å²) in [7, 11) is 1.76. The number of para-hydroxylation sites is 2. The first-order valence-corrected chi connectivity index (χ1v) is 8.23. The van der Waals surface area contributed by atoms with Gasteiger partial charge in [0.05, 0.1) is 11.0 Å². The molecule has 2 atom stereocenters. The van der Waals surface area contributed by atoms with Crippen LogP contribution in [0.2, 0.25) is 0 Å². The number of rotatable bonds is 4. The van der Waals surface area contributed by atoms with Gasteiger partial charge in [0, 0.05) is 32.1 Å². The summed E-state index contributed by atoms with van der Waals surface area (Å²) in [6, 6.07) is 8.34. The number of piperidine rings is 1. The van der Waals surface area contributed by atoms with E-state index < -0.39 is 0 Å². The second kappa shape index (κ2) is 7.85. The van der Waals surface area contributed by atoms with Gasteiger partial charge in [-0.15, -0.1) is 12.4 Å². The number of fused-ring (bicyclic) bond motifs is 1. The zero-order valence-corrected chi connectivity index (χ0v) is 14.9. The van der Waals surface area contributed by atoms with Crippen molar-refractivity contribution in [3.05, 3.63) is 34.7 Å². The van der Waals surface area contributed by atoms with Gasteiger partial charge in [-0.2, -0.15) is 0 Å². The minimum Gasteiger partial charge on any atom is -0.353 e. The molecule has 1 fully saturated rings. The molecule has 6 nitrogen and oxygen atoms in total. The smallest absolute Gasteiger partial charge is 0.328 e. The zero-order valence-electron chi connectivity index (χ0n) is 14.1. The number of benzene rings is 1. The summed E-state index contributed by atoms with van der Waals surface area (Å²) in [6.07, 6.45) is 2.25. The van der Waals surface area contributed by atoms with E-state index in [1.165, 1.54) is 0 Å². The average molecular weight is 353 g/mol. The minimum atomic E-state index is -0.0745. The first-order chi connectivity index (χ1) is 11.1. The number of carbonyl (C=O) groups is 1. The van der Waals surface area contributed by atoms with Crippen LogP contribution in [-0.2, 0) is 18.4 Å². The molecule has 0 saturated carbocycles. The van der Waals surface area contributed by atoms with Crippen molar-refractivity contribution in [2.24, 2.45) is 7.05 Å². The molecule has 1 saturated heterocycles. The Morgan fingerprint density at radius 3 is 2.75 bits per heavy atom. The molecular weight excluding hydrogens is 328 g/mol. The summed E-state index contributed by atoms with van der Waals surface area (Å²) < 4.78 is 3.31. The third-order valence-corrected chi connectivity index (χ3v) is 4.60. The van der Waals surface area contributed by atoms with Crippen LogP contribution in [-0.4, -0.2) is 33.7 Å². The molecule has 2 N–H and O–H groups in total. The Bertz CT molecular complexity index is 768. The second-order valence-electron chi connectivity index (χ2n) is 6.38. The van der Waals surface area contributed by atoms with Crippen molar-refractivity contribution in [2.75, 3.05) is 6.54 Å². The lowest BCUT2D eigenvalue weighted by atomic mass is 10.0. The SMILES string of the molecule is CC1CC(NC(=O)CCn2c(=O)n(C)c3ccccc32)CCN1.Cl. The first kappa shape index (κ1) is 18.5. The summed E-state index contributed by atoms with van der Waals surface area (Å²) in [4.78, 5) is 24.5. The summed E-state index contributed by atoms with van der Waals surface area (Å²) in [6.45, 7) is 3.48. The molecule has 2 unspecified atom stereocenters. The topological polar surface area (TPSA) is 68.1 Å². The van der Waals surface area contributed by atoms with Crippen molar-refractivity contribution >= 4 is 29.3 Å². The Morgan fingerprint density at radius 1 is 1.33 bits per heavy atom. The summed E-state index contributed by atoms with van der Waals surface area (Å²) >= 11 is 0. The molecule has 1 aliphatic heterocycles. The van der Waals surface area contributed by atoms with Crippen LogP contribution < -0.4 is 16.3 Å². The molecule has 7 heteroatoms. The predicted molar refractivity (Wildman–Crippen MR) is 97.7 cm³/mol. The molecule has 0 aliphatic carbocycles. The fourth-order valence-corrected chi connectivity index (χ4v) is 3.36. The number of aromatic nitrogens is 2. The van der Waals surface area contributed by atoms with E-state index in [1.807, 2.05) is 24.3 Å². The van der Waals surface area contributed by atoms with Crippen molar-refractivity contribution in [2.45, 2.75) is 44.8 Å². The Kier molecular flexibility index (Phi) is 6.07. The molecule has 1 aliphatic rings. The van der Waals surface area contributed by atoms with Gasteiger partial charge in [-0.3, -0.25) is 13.9 Å². The largest absolute Gasteiger partial charge is 0.353 e. The van der Waals surface area contributed by atoms with Crippen LogP contribution >= 0.6 is 12.4 Å². The maximum Gasteiger partial charge on any atom is 0.328 e. The number of nitrogens with zero attached hydrogens (tertiary/aromatic N) is 2. The fourth-order valence-electron chi connectivity index (χ4n) is 3.36. The lowest BCUT2D eigenvalue weighted by Crippen LogP contribution is -2.46. The molecule has 1 aromatic heterocycles. The first-order valence-electron chi connectivity index (χ1n) is 8.23. The number of aryl methyl sites for hydroxylation is 2. The van der Waals surface area contributed by atoms with Gasteiger partial charge in [0.2, 0.25) is 5.91 Å². The Balaban J connectivity index is 0.00000208. The van der Waals surface area contributed by atoms with Gasteiger partial charge < -0.3 is 10.6 Å². The van der Waals surface area contributed by atoms with Crippen molar-refractivity contribution in [3.8, 4) is 0 Å². The van der Waals surface area contributed by atoms with Crippen LogP contribution in [0, 0.1) is 0 Å². The van der Waals surface area contributed by atoms with Crippen LogP contribution in [0.1, 0.15) is 26.2 Å². The van der Waals surface area contributed by atoms with E-state index in [9.17, 15) is 9.59 Å². The number of nitrogens with one attached hydrogen (secondary N) is 2. The maximum atomic E-state index is 12.3. The van der Waals surface area contributed by atoms with E-state index in [0.29, 0.717) is 19.0 Å². The van der Waals surface area contributed by atoms with Gasteiger partial charge in [0.1, 0.15) is 0 Å². The van der Waals surface area contributed by atoms with Gasteiger partial charge in [0.15, 0.2) is 0 Å². The summed E-state index contributed by atoms with van der Waals surface area (Å²) in [5, 5.41) is 6.47. The van der Waals surface area contributed by atoms with Crippen molar-refractivity contribution in [3.63, 3.8) is 0 Å². The number of halogens is 1. The number of hydrogen-bond donors (Lipinski definition) is 2. The van der Waals surface area contributed by atoms with Crippen LogP contribution in [0.4, 0.5) is 0 Å². The highest BCUT2D eigenvalue weighted by Gasteiger charge is 2.20. The highest BCUT2D eigenvalue weighted by atomic mass is 35.5. The fraction of sp³-hybridized carbons (Fsp3) is 0.529. The van der Waals surface area contributed by atoms with Gasteiger partial charge in [-0.1, -0.05) is 12.1 Å². The van der Waals surface area contributed by atoms with Crippen LogP contribution in [0.5, 0.6) is 0 Å². The number of imidazole rings is 1. The standard InChI is InChI=1S/C17H24N4O2.ClH/c1-12-11-13(7-9-18-12)19-16(22)8-10-21-15-6-4-3-5-14(15)20(2)17(21)23;/h3-6,12-13,18H,7-11H2,1-2H3,(H,19,22);1H. The number of carbonyl (C=O) groups excluding carboxylic acids is 1. The second-order valence-corrected chi connectivity index (χ2v) is 6.38. The summed E-state index contributed by atoms with van der Waals surface area (Å²) in [5.74, 6) is 0.0175. The van der Waals surface area contributed by atoms with E-state index in [0.717, 1.165) is 30.4 Å². The Morgan fingerprint density at radius 2 is 2.04 bits per heavy atom. The van der Waals surface area contributed by atoms with Crippen molar-refractivity contribution in [1.29, 1.82) is 0 Å². The molecule has 1 amide bonds. The summed E-state index contributed by atoms with van der Waals surface area (Å²) in [5.41, 5.74) is 1.70. The van der Waals surface area contributed by atoms with Crippen LogP contribution in [0.25, 0.3) is 11.0 Å². The highest BCUT2D eigenvalue weighted by molar-refractivity contribution is 5.85. The van der Waals surface area contributed by atoms with E-state index in [4.69, 9.17) is 0 Å². The van der Waals surface area contributed by atoms with Gasteiger partial charge in [0.25, 0.3) is 0 Å². The van der Waals surface area contributed by atoms with Crippen LogP contribution in [0.15, 0.2) is 29.1 Å². The molecular formula is C17H25ClN4O2. The van der Waals surface area contributed by atoms with E-state index in [-0.39, 0.29) is 30.0 Å². The highest BCUT2D eigenvalue weighted by Crippen LogP contribution is 2.12. The minimum absolute atomic E-state index is 0. The third kappa shape index (κ3) is 3.82. The third-order valence-electron chi connectivity index (χ3n) is 4.60. The number of hydrogen-bond acceptors (Lipinski definition) is 3. The molecule has 0 radical (unpaired) electrons. The predicted octanol–water partition coefficient (Wildman–Crippen LogP) is 1.41. The molecule has 132 valence electrons.